The fraction of sp³-hybridized carbons (Fsp3) is 0.467. The largest absolute Gasteiger partial charge is 0.384 e. The Morgan fingerprint density at radius 1 is 1.37 bits per heavy atom. The van der Waals surface area contributed by atoms with Crippen LogP contribution in [0.4, 0.5) is 0 Å². The first-order valence-corrected chi connectivity index (χ1v) is 6.62. The lowest BCUT2D eigenvalue weighted by Crippen LogP contribution is -2.25. The summed E-state index contributed by atoms with van der Waals surface area (Å²) in [6, 6.07) is 3.37. The van der Waals surface area contributed by atoms with Crippen molar-refractivity contribution in [3.63, 3.8) is 0 Å². The number of pyridine rings is 1. The summed E-state index contributed by atoms with van der Waals surface area (Å²) < 4.78 is 0. The Bertz CT molecular complexity index is 443. The number of nitrogens with zero attached hydrogens (tertiary/aromatic N) is 1. The molecular weight excluding hydrogens is 240 g/mol. The second kappa shape index (κ2) is 9.12. The van der Waals surface area contributed by atoms with Crippen molar-refractivity contribution in [2.45, 2.75) is 32.6 Å². The van der Waals surface area contributed by atoms with E-state index in [0.717, 1.165) is 12.8 Å². The molecule has 0 aliphatic carbocycles. The third-order valence-corrected chi connectivity index (χ3v) is 2.62. The molecule has 1 aromatic heterocycles. The maximum Gasteiger partial charge on any atom is 0.269 e. The molecule has 102 valence electrons. The summed E-state index contributed by atoms with van der Waals surface area (Å²) in [4.78, 5) is 15.8. The number of aliphatic hydroxyl groups is 1. The van der Waals surface area contributed by atoms with E-state index in [1.165, 1.54) is 19.0 Å². The van der Waals surface area contributed by atoms with Gasteiger partial charge in [-0.2, -0.15) is 0 Å². The number of carbonyl (C=O) groups excluding carboxylic acids is 1. The highest BCUT2D eigenvalue weighted by Crippen LogP contribution is 2.00. The van der Waals surface area contributed by atoms with Crippen molar-refractivity contribution in [2.75, 3.05) is 13.2 Å². The first-order chi connectivity index (χ1) is 9.27. The fourth-order valence-electron chi connectivity index (χ4n) is 1.59. The summed E-state index contributed by atoms with van der Waals surface area (Å²) in [5.41, 5.74) is 1.08. The molecule has 0 aromatic carbocycles. The van der Waals surface area contributed by atoms with E-state index >= 15 is 0 Å². The number of carbonyl (C=O) groups is 1. The zero-order valence-electron chi connectivity index (χ0n) is 11.3. The Kier molecular flexibility index (Phi) is 7.30. The van der Waals surface area contributed by atoms with E-state index in [-0.39, 0.29) is 12.5 Å². The lowest BCUT2D eigenvalue weighted by Gasteiger charge is -2.04. The number of nitrogens with one attached hydrogen (secondary N) is 1. The molecule has 1 aromatic rings. The monoisotopic (exact) mass is 260 g/mol. The van der Waals surface area contributed by atoms with E-state index in [2.05, 4.69) is 29.1 Å². The number of aliphatic hydroxyl groups excluding tert-OH is 1. The van der Waals surface area contributed by atoms with Gasteiger partial charge < -0.3 is 10.4 Å². The minimum atomic E-state index is -0.181. The normalized spacial score (nSPS) is 9.58. The van der Waals surface area contributed by atoms with Crippen molar-refractivity contribution in [2.24, 2.45) is 0 Å². The molecule has 19 heavy (non-hydrogen) atoms. The van der Waals surface area contributed by atoms with E-state index in [0.29, 0.717) is 17.8 Å². The van der Waals surface area contributed by atoms with Crippen LogP contribution in [-0.2, 0) is 0 Å². The molecule has 0 atom stereocenters. The molecule has 2 N–H and O–H groups in total. The van der Waals surface area contributed by atoms with E-state index < -0.39 is 0 Å². The van der Waals surface area contributed by atoms with Gasteiger partial charge in [0.25, 0.3) is 5.91 Å². The standard InChI is InChI=1S/C15H20N2O2/c1-2-3-4-5-10-16-15(19)14-9-8-13(12-17-14)7-6-11-18/h8-9,12,18H,2-5,10-11H2,1H3,(H,16,19). The van der Waals surface area contributed by atoms with Crippen LogP contribution >= 0.6 is 0 Å². The van der Waals surface area contributed by atoms with Gasteiger partial charge in [0, 0.05) is 18.3 Å². The molecule has 4 heteroatoms. The molecule has 0 fully saturated rings. The van der Waals surface area contributed by atoms with Crippen LogP contribution in [0.5, 0.6) is 0 Å². The molecule has 0 spiro atoms. The SMILES string of the molecule is CCCCCCNC(=O)c1ccc(C#CCO)cn1. The molecule has 1 heterocycles. The van der Waals surface area contributed by atoms with Crippen LogP contribution in [-0.4, -0.2) is 29.1 Å². The smallest absolute Gasteiger partial charge is 0.269 e. The Morgan fingerprint density at radius 3 is 2.84 bits per heavy atom. The summed E-state index contributed by atoms with van der Waals surface area (Å²) >= 11 is 0. The summed E-state index contributed by atoms with van der Waals surface area (Å²) in [5.74, 6) is 5.11. The molecule has 0 unspecified atom stereocenters. The summed E-state index contributed by atoms with van der Waals surface area (Å²) in [6.45, 7) is 2.66. The number of hydrogen-bond acceptors (Lipinski definition) is 3. The zero-order chi connectivity index (χ0) is 13.9. The van der Waals surface area contributed by atoms with Gasteiger partial charge in [-0.15, -0.1) is 0 Å². The molecule has 0 aliphatic heterocycles. The van der Waals surface area contributed by atoms with Gasteiger partial charge in [0.05, 0.1) is 0 Å². The second-order valence-corrected chi connectivity index (χ2v) is 4.21. The van der Waals surface area contributed by atoms with E-state index in [1.54, 1.807) is 12.1 Å². The van der Waals surface area contributed by atoms with Crippen LogP contribution in [0, 0.1) is 11.8 Å². The van der Waals surface area contributed by atoms with Crippen LogP contribution in [0.15, 0.2) is 18.3 Å². The first-order valence-electron chi connectivity index (χ1n) is 6.62. The third-order valence-electron chi connectivity index (χ3n) is 2.62. The van der Waals surface area contributed by atoms with Crippen LogP contribution in [0.2, 0.25) is 0 Å². The minimum Gasteiger partial charge on any atom is -0.384 e. The molecule has 0 bridgehead atoms. The van der Waals surface area contributed by atoms with Gasteiger partial charge in [0.2, 0.25) is 0 Å². The fourth-order valence-corrected chi connectivity index (χ4v) is 1.59. The number of unbranched alkanes of at least 4 members (excludes halogenated alkanes) is 3. The van der Waals surface area contributed by atoms with Gasteiger partial charge >= 0.3 is 0 Å². The number of rotatable bonds is 6. The highest BCUT2D eigenvalue weighted by atomic mass is 16.2. The van der Waals surface area contributed by atoms with Crippen molar-refractivity contribution in [3.05, 3.63) is 29.6 Å². The highest BCUT2D eigenvalue weighted by molar-refractivity contribution is 5.92. The van der Waals surface area contributed by atoms with Crippen molar-refractivity contribution < 1.29 is 9.90 Å². The molecule has 0 radical (unpaired) electrons. The first kappa shape index (κ1) is 15.2. The van der Waals surface area contributed by atoms with Crippen molar-refractivity contribution in [3.8, 4) is 11.8 Å². The van der Waals surface area contributed by atoms with Gasteiger partial charge in [-0.25, -0.2) is 4.98 Å². The van der Waals surface area contributed by atoms with Crippen molar-refractivity contribution in [1.82, 2.24) is 10.3 Å². The Balaban J connectivity index is 2.40. The Morgan fingerprint density at radius 2 is 2.21 bits per heavy atom. The molecule has 4 nitrogen and oxygen atoms in total. The quantitative estimate of drug-likeness (QED) is 0.605. The Hall–Kier alpha value is -1.86. The van der Waals surface area contributed by atoms with Gasteiger partial charge in [0.1, 0.15) is 12.3 Å². The summed E-state index contributed by atoms with van der Waals surface area (Å²) in [6.07, 6.45) is 6.06. The predicted molar refractivity (Wildman–Crippen MR) is 74.7 cm³/mol. The lowest BCUT2D eigenvalue weighted by atomic mass is 10.2. The molecule has 0 saturated carbocycles. The second-order valence-electron chi connectivity index (χ2n) is 4.21. The maximum atomic E-state index is 11.8. The van der Waals surface area contributed by atoms with Crippen LogP contribution < -0.4 is 5.32 Å². The van der Waals surface area contributed by atoms with Gasteiger partial charge in [-0.1, -0.05) is 38.0 Å². The molecule has 0 aliphatic rings. The van der Waals surface area contributed by atoms with E-state index in [4.69, 9.17) is 5.11 Å². The summed E-state index contributed by atoms with van der Waals surface area (Å²) in [5, 5.41) is 11.4. The van der Waals surface area contributed by atoms with Crippen LogP contribution in [0.25, 0.3) is 0 Å². The molecule has 1 amide bonds. The van der Waals surface area contributed by atoms with Gasteiger partial charge in [-0.05, 0) is 18.6 Å². The molecule has 0 saturated heterocycles. The topological polar surface area (TPSA) is 62.2 Å². The summed E-state index contributed by atoms with van der Waals surface area (Å²) in [7, 11) is 0. The highest BCUT2D eigenvalue weighted by Gasteiger charge is 2.05. The van der Waals surface area contributed by atoms with Crippen molar-refractivity contribution >= 4 is 5.91 Å². The zero-order valence-corrected chi connectivity index (χ0v) is 11.3. The molecule has 1 rings (SSSR count). The predicted octanol–water partition coefficient (Wildman–Crippen LogP) is 1.74. The maximum absolute atomic E-state index is 11.8. The lowest BCUT2D eigenvalue weighted by molar-refractivity contribution is 0.0948. The Labute approximate surface area is 114 Å². The molecular formula is C15H20N2O2. The van der Waals surface area contributed by atoms with Gasteiger partial charge in [0.15, 0.2) is 0 Å². The van der Waals surface area contributed by atoms with Gasteiger partial charge in [-0.3, -0.25) is 4.79 Å². The average Bonchev–Trinajstić information content (AvgIpc) is 2.45. The number of amides is 1. The van der Waals surface area contributed by atoms with Crippen molar-refractivity contribution in [1.29, 1.82) is 0 Å². The third kappa shape index (κ3) is 6.03. The van der Waals surface area contributed by atoms with E-state index in [9.17, 15) is 4.79 Å². The van der Waals surface area contributed by atoms with Crippen LogP contribution in [0.3, 0.4) is 0 Å². The van der Waals surface area contributed by atoms with E-state index in [1.807, 2.05) is 0 Å². The number of hydrogen-bond donors (Lipinski definition) is 2. The minimum absolute atomic E-state index is 0.154. The average molecular weight is 260 g/mol. The number of aromatic nitrogens is 1. The van der Waals surface area contributed by atoms with Crippen LogP contribution in [0.1, 0.15) is 48.7 Å².